The standard InChI is InChI=1S/C19H19N5O/c25-19-16-5-1-3-13-4-2-6-17(18(13)16)24(19)22-14-11-21-23(12-14)15-7-9-20-10-8-15/h1-6,11-12,15,20,22H,7-10H2. The molecule has 0 aliphatic carbocycles. The van der Waals surface area contributed by atoms with Crippen LogP contribution in [0.2, 0.25) is 0 Å². The number of piperidine rings is 1. The SMILES string of the molecule is O=C1c2cccc3cccc(c23)N1Nc1cnn(C2CCNCC2)c1. The lowest BCUT2D eigenvalue weighted by Gasteiger charge is -2.23. The molecule has 1 amide bonds. The quantitative estimate of drug-likeness (QED) is 0.774. The molecule has 0 spiro atoms. The number of aromatic nitrogens is 2. The van der Waals surface area contributed by atoms with Crippen molar-refractivity contribution in [1.82, 2.24) is 15.1 Å². The van der Waals surface area contributed by atoms with E-state index in [0.29, 0.717) is 6.04 Å². The van der Waals surface area contributed by atoms with Crippen LogP contribution in [-0.2, 0) is 0 Å². The Morgan fingerprint density at radius 1 is 1.12 bits per heavy atom. The lowest BCUT2D eigenvalue weighted by Crippen LogP contribution is -2.32. The molecule has 1 fully saturated rings. The van der Waals surface area contributed by atoms with Crippen LogP contribution in [-0.4, -0.2) is 28.8 Å². The molecule has 0 unspecified atom stereocenters. The zero-order valence-electron chi connectivity index (χ0n) is 13.8. The van der Waals surface area contributed by atoms with E-state index in [4.69, 9.17) is 0 Å². The van der Waals surface area contributed by atoms with Gasteiger partial charge >= 0.3 is 0 Å². The molecular weight excluding hydrogens is 314 g/mol. The zero-order valence-corrected chi connectivity index (χ0v) is 13.8. The average Bonchev–Trinajstić information content (AvgIpc) is 3.23. The first-order chi connectivity index (χ1) is 12.3. The van der Waals surface area contributed by atoms with Gasteiger partial charge in [-0.05, 0) is 43.5 Å². The summed E-state index contributed by atoms with van der Waals surface area (Å²) >= 11 is 0. The van der Waals surface area contributed by atoms with Crippen LogP contribution in [0.1, 0.15) is 29.2 Å². The highest BCUT2D eigenvalue weighted by Crippen LogP contribution is 2.37. The highest BCUT2D eigenvalue weighted by molar-refractivity contribution is 6.25. The summed E-state index contributed by atoms with van der Waals surface area (Å²) < 4.78 is 2.01. The van der Waals surface area contributed by atoms with Crippen molar-refractivity contribution >= 4 is 28.1 Å². The van der Waals surface area contributed by atoms with Gasteiger partial charge in [-0.1, -0.05) is 24.3 Å². The summed E-state index contributed by atoms with van der Waals surface area (Å²) in [5, 5.41) is 11.6. The number of benzene rings is 2. The molecule has 2 N–H and O–H groups in total. The van der Waals surface area contributed by atoms with Crippen molar-refractivity contribution in [3.63, 3.8) is 0 Å². The van der Waals surface area contributed by atoms with Gasteiger partial charge in [0.15, 0.2) is 0 Å². The molecule has 1 saturated heterocycles. The van der Waals surface area contributed by atoms with E-state index in [1.807, 2.05) is 47.3 Å². The van der Waals surface area contributed by atoms with Crippen molar-refractivity contribution in [2.24, 2.45) is 0 Å². The molecule has 0 atom stereocenters. The third-order valence-electron chi connectivity index (χ3n) is 5.08. The molecule has 6 heteroatoms. The summed E-state index contributed by atoms with van der Waals surface area (Å²) in [4.78, 5) is 12.8. The topological polar surface area (TPSA) is 62.2 Å². The minimum Gasteiger partial charge on any atom is -0.317 e. The summed E-state index contributed by atoms with van der Waals surface area (Å²) in [5.74, 6) is -0.0265. The first kappa shape index (κ1) is 14.5. The highest BCUT2D eigenvalue weighted by Gasteiger charge is 2.30. The van der Waals surface area contributed by atoms with Crippen molar-refractivity contribution < 1.29 is 4.79 Å². The van der Waals surface area contributed by atoms with E-state index < -0.39 is 0 Å². The third-order valence-corrected chi connectivity index (χ3v) is 5.08. The van der Waals surface area contributed by atoms with Crippen LogP contribution in [0.4, 0.5) is 11.4 Å². The predicted octanol–water partition coefficient (Wildman–Crippen LogP) is 2.95. The van der Waals surface area contributed by atoms with Gasteiger partial charge in [0.25, 0.3) is 5.91 Å². The smallest absolute Gasteiger partial charge is 0.277 e. The summed E-state index contributed by atoms with van der Waals surface area (Å²) in [7, 11) is 0. The van der Waals surface area contributed by atoms with E-state index in [1.54, 1.807) is 11.2 Å². The van der Waals surface area contributed by atoms with Crippen LogP contribution in [0.5, 0.6) is 0 Å². The van der Waals surface area contributed by atoms with Crippen LogP contribution in [0.3, 0.4) is 0 Å². The maximum atomic E-state index is 12.8. The number of hydrazine groups is 1. The van der Waals surface area contributed by atoms with E-state index in [1.165, 1.54) is 0 Å². The molecule has 3 aromatic rings. The van der Waals surface area contributed by atoms with E-state index >= 15 is 0 Å². The van der Waals surface area contributed by atoms with E-state index in [9.17, 15) is 4.79 Å². The Balaban J connectivity index is 1.45. The average molecular weight is 333 g/mol. The van der Waals surface area contributed by atoms with Crippen LogP contribution >= 0.6 is 0 Å². The number of hydrogen-bond acceptors (Lipinski definition) is 4. The fourth-order valence-electron chi connectivity index (χ4n) is 3.82. The van der Waals surface area contributed by atoms with Gasteiger partial charge in [0.2, 0.25) is 0 Å². The van der Waals surface area contributed by atoms with Gasteiger partial charge in [-0.25, -0.2) is 5.01 Å². The Bertz CT molecular complexity index is 952. The van der Waals surface area contributed by atoms with Gasteiger partial charge in [-0.15, -0.1) is 0 Å². The van der Waals surface area contributed by atoms with Gasteiger partial charge in [0.1, 0.15) is 0 Å². The van der Waals surface area contributed by atoms with Gasteiger partial charge in [-0.3, -0.25) is 14.9 Å². The van der Waals surface area contributed by atoms with Gasteiger partial charge in [0, 0.05) is 5.39 Å². The minimum absolute atomic E-state index is 0.0265. The van der Waals surface area contributed by atoms with Crippen LogP contribution in [0.15, 0.2) is 48.8 Å². The Morgan fingerprint density at radius 2 is 1.92 bits per heavy atom. The van der Waals surface area contributed by atoms with E-state index in [2.05, 4.69) is 15.8 Å². The van der Waals surface area contributed by atoms with Crippen molar-refractivity contribution in [3.8, 4) is 0 Å². The van der Waals surface area contributed by atoms with Gasteiger partial charge < -0.3 is 5.32 Å². The van der Waals surface area contributed by atoms with Crippen LogP contribution in [0.25, 0.3) is 10.8 Å². The second kappa shape index (κ2) is 5.60. The van der Waals surface area contributed by atoms with Crippen LogP contribution in [0, 0.1) is 0 Å². The predicted molar refractivity (Wildman–Crippen MR) is 97.7 cm³/mol. The van der Waals surface area contributed by atoms with Gasteiger partial charge in [0.05, 0.1) is 35.4 Å². The molecule has 2 aliphatic heterocycles. The molecule has 25 heavy (non-hydrogen) atoms. The second-order valence-corrected chi connectivity index (χ2v) is 6.62. The fraction of sp³-hybridized carbons (Fsp3) is 0.263. The molecule has 6 nitrogen and oxygen atoms in total. The van der Waals surface area contributed by atoms with Crippen molar-refractivity contribution in [1.29, 1.82) is 0 Å². The minimum atomic E-state index is -0.0265. The Hall–Kier alpha value is -2.86. The molecule has 2 aliphatic rings. The largest absolute Gasteiger partial charge is 0.317 e. The Morgan fingerprint density at radius 3 is 2.76 bits per heavy atom. The second-order valence-electron chi connectivity index (χ2n) is 6.62. The number of hydrogen-bond donors (Lipinski definition) is 2. The summed E-state index contributed by atoms with van der Waals surface area (Å²) in [6, 6.07) is 12.3. The monoisotopic (exact) mass is 333 g/mol. The lowest BCUT2D eigenvalue weighted by atomic mass is 10.1. The number of amides is 1. The molecule has 2 aromatic carbocycles. The molecule has 1 aromatic heterocycles. The summed E-state index contributed by atoms with van der Waals surface area (Å²) in [6.45, 7) is 2.05. The number of nitrogens with one attached hydrogen (secondary N) is 2. The highest BCUT2D eigenvalue weighted by atomic mass is 16.2. The van der Waals surface area contributed by atoms with Gasteiger partial charge in [-0.2, -0.15) is 5.10 Å². The van der Waals surface area contributed by atoms with Crippen molar-refractivity contribution in [2.45, 2.75) is 18.9 Å². The fourth-order valence-corrected chi connectivity index (χ4v) is 3.82. The van der Waals surface area contributed by atoms with Crippen molar-refractivity contribution in [2.75, 3.05) is 23.5 Å². The molecule has 0 saturated carbocycles. The summed E-state index contributed by atoms with van der Waals surface area (Å²) in [5.41, 5.74) is 5.71. The maximum Gasteiger partial charge on any atom is 0.277 e. The van der Waals surface area contributed by atoms with Crippen molar-refractivity contribution in [3.05, 3.63) is 54.4 Å². The number of nitrogens with zero attached hydrogens (tertiary/aromatic N) is 3. The molecule has 0 radical (unpaired) electrons. The molecule has 0 bridgehead atoms. The lowest BCUT2D eigenvalue weighted by molar-refractivity contribution is 0.0999. The third kappa shape index (κ3) is 2.29. The normalized spacial score (nSPS) is 17.4. The first-order valence-electron chi connectivity index (χ1n) is 8.69. The molecular formula is C19H19N5O. The number of rotatable bonds is 3. The van der Waals surface area contributed by atoms with E-state index in [-0.39, 0.29) is 5.91 Å². The molecule has 3 heterocycles. The maximum absolute atomic E-state index is 12.8. The first-order valence-corrected chi connectivity index (χ1v) is 8.69. The molecule has 5 rings (SSSR count). The Labute approximate surface area is 145 Å². The Kier molecular flexibility index (Phi) is 3.24. The number of anilines is 2. The zero-order chi connectivity index (χ0) is 16.8. The number of carbonyl (C=O) groups excluding carboxylic acids is 1. The van der Waals surface area contributed by atoms with Crippen LogP contribution < -0.4 is 15.8 Å². The summed E-state index contributed by atoms with van der Waals surface area (Å²) in [6.07, 6.45) is 5.94. The molecule has 126 valence electrons. The number of carbonyl (C=O) groups is 1. The van der Waals surface area contributed by atoms with E-state index in [0.717, 1.165) is 53.6 Å².